The van der Waals surface area contributed by atoms with E-state index >= 15 is 0 Å². The van der Waals surface area contributed by atoms with E-state index in [4.69, 9.17) is 4.74 Å². The molecule has 0 aromatic heterocycles. The highest BCUT2D eigenvalue weighted by molar-refractivity contribution is 5.92. The second-order valence-electron chi connectivity index (χ2n) is 6.15. The highest BCUT2D eigenvalue weighted by atomic mass is 19.4. The van der Waals surface area contributed by atoms with Gasteiger partial charge in [-0.1, -0.05) is 18.2 Å². The lowest BCUT2D eigenvalue weighted by molar-refractivity contribution is -0.137. The van der Waals surface area contributed by atoms with Crippen LogP contribution in [0.3, 0.4) is 0 Å². The Kier molecular flexibility index (Phi) is 5.02. The lowest BCUT2D eigenvalue weighted by atomic mass is 10.0. The Morgan fingerprint density at radius 1 is 1.19 bits per heavy atom. The number of rotatable bonds is 4. The molecule has 0 saturated carbocycles. The van der Waals surface area contributed by atoms with Gasteiger partial charge in [0.25, 0.3) is 0 Å². The van der Waals surface area contributed by atoms with E-state index in [9.17, 15) is 18.0 Å². The Morgan fingerprint density at radius 2 is 1.92 bits per heavy atom. The quantitative estimate of drug-likeness (QED) is 0.813. The molecule has 2 aromatic carbocycles. The van der Waals surface area contributed by atoms with Crippen molar-refractivity contribution < 1.29 is 22.7 Å². The fourth-order valence-electron chi connectivity index (χ4n) is 2.78. The predicted molar refractivity (Wildman–Crippen MR) is 92.7 cm³/mol. The first kappa shape index (κ1) is 18.0. The summed E-state index contributed by atoms with van der Waals surface area (Å²) in [7, 11) is 0. The molecule has 0 fully saturated rings. The molecule has 2 aromatic rings. The van der Waals surface area contributed by atoms with Gasteiger partial charge in [0.2, 0.25) is 5.91 Å². The second-order valence-corrected chi connectivity index (χ2v) is 6.15. The zero-order valence-corrected chi connectivity index (χ0v) is 14.1. The summed E-state index contributed by atoms with van der Waals surface area (Å²) in [4.78, 5) is 12.1. The van der Waals surface area contributed by atoms with Gasteiger partial charge in [-0.3, -0.25) is 4.79 Å². The van der Waals surface area contributed by atoms with Gasteiger partial charge in [0.05, 0.1) is 18.2 Å². The largest absolute Gasteiger partial charge is 0.493 e. The molecule has 1 heterocycles. The number of halogens is 3. The molecule has 6 heteroatoms. The normalized spacial score (nSPS) is 14.8. The van der Waals surface area contributed by atoms with Gasteiger partial charge in [0.15, 0.2) is 0 Å². The van der Waals surface area contributed by atoms with Crippen LogP contribution < -0.4 is 10.1 Å². The minimum Gasteiger partial charge on any atom is -0.493 e. The number of hydrogen-bond acceptors (Lipinski definition) is 2. The molecule has 0 bridgehead atoms. The van der Waals surface area contributed by atoms with Crippen molar-refractivity contribution in [1.82, 2.24) is 5.32 Å². The summed E-state index contributed by atoms with van der Waals surface area (Å²) in [5.41, 5.74) is 1.92. The monoisotopic (exact) mass is 361 g/mol. The average Bonchev–Trinajstić information content (AvgIpc) is 3.07. The number of amides is 1. The lowest BCUT2D eigenvalue weighted by Crippen LogP contribution is -2.24. The van der Waals surface area contributed by atoms with Gasteiger partial charge in [0.1, 0.15) is 5.75 Å². The van der Waals surface area contributed by atoms with Gasteiger partial charge in [-0.25, -0.2) is 0 Å². The second kappa shape index (κ2) is 7.23. The zero-order valence-electron chi connectivity index (χ0n) is 14.1. The van der Waals surface area contributed by atoms with Crippen molar-refractivity contribution in [3.8, 4) is 5.75 Å². The summed E-state index contributed by atoms with van der Waals surface area (Å²) in [6, 6.07) is 10.3. The molecule has 1 aliphatic heterocycles. The van der Waals surface area contributed by atoms with Gasteiger partial charge in [-0.2, -0.15) is 13.2 Å². The van der Waals surface area contributed by atoms with E-state index in [1.165, 1.54) is 24.3 Å². The fourth-order valence-corrected chi connectivity index (χ4v) is 2.78. The number of carbonyl (C=O) groups is 1. The SMILES string of the molecule is CC(NC(=O)C=Cc1ccc(C(F)(F)F)cc1)c1ccc2c(c1)CCO2. The minimum atomic E-state index is -4.37. The lowest BCUT2D eigenvalue weighted by Gasteiger charge is -2.14. The molecular weight excluding hydrogens is 343 g/mol. The number of fused-ring (bicyclic) bond motifs is 1. The molecule has 0 spiro atoms. The van der Waals surface area contributed by atoms with Crippen molar-refractivity contribution in [2.24, 2.45) is 0 Å². The van der Waals surface area contributed by atoms with E-state index in [2.05, 4.69) is 5.32 Å². The molecule has 26 heavy (non-hydrogen) atoms. The van der Waals surface area contributed by atoms with Crippen LogP contribution in [0.1, 0.15) is 35.2 Å². The van der Waals surface area contributed by atoms with Crippen LogP contribution in [0.5, 0.6) is 5.75 Å². The third-order valence-corrected chi connectivity index (χ3v) is 4.24. The van der Waals surface area contributed by atoms with Crippen LogP contribution in [-0.2, 0) is 17.4 Å². The molecule has 3 nitrogen and oxygen atoms in total. The number of alkyl halides is 3. The van der Waals surface area contributed by atoms with Crippen molar-refractivity contribution in [2.75, 3.05) is 6.61 Å². The molecule has 0 aliphatic carbocycles. The number of ether oxygens (including phenoxy) is 1. The summed E-state index contributed by atoms with van der Waals surface area (Å²) in [5.74, 6) is 0.573. The topological polar surface area (TPSA) is 38.3 Å². The molecular formula is C20H18F3NO2. The van der Waals surface area contributed by atoms with Gasteiger partial charge in [-0.05, 0) is 54.0 Å². The molecule has 3 rings (SSSR count). The van der Waals surface area contributed by atoms with E-state index in [0.29, 0.717) is 12.2 Å². The summed E-state index contributed by atoms with van der Waals surface area (Å²) in [6.45, 7) is 2.55. The Hall–Kier alpha value is -2.76. The fraction of sp³-hybridized carbons (Fsp3) is 0.250. The predicted octanol–water partition coefficient (Wildman–Crippen LogP) is 4.53. The molecule has 0 radical (unpaired) electrons. The minimum absolute atomic E-state index is 0.189. The van der Waals surface area contributed by atoms with Crippen molar-refractivity contribution in [2.45, 2.75) is 25.6 Å². The Bertz CT molecular complexity index is 826. The van der Waals surface area contributed by atoms with Crippen LogP contribution in [0.4, 0.5) is 13.2 Å². The van der Waals surface area contributed by atoms with Gasteiger partial charge < -0.3 is 10.1 Å². The molecule has 1 aliphatic rings. The van der Waals surface area contributed by atoms with Crippen LogP contribution >= 0.6 is 0 Å². The first-order chi connectivity index (χ1) is 12.3. The maximum absolute atomic E-state index is 12.5. The number of hydrogen-bond donors (Lipinski definition) is 1. The zero-order chi connectivity index (χ0) is 18.7. The van der Waals surface area contributed by atoms with Crippen LogP contribution in [-0.4, -0.2) is 12.5 Å². The number of benzene rings is 2. The molecule has 0 saturated heterocycles. The summed E-state index contributed by atoms with van der Waals surface area (Å²) < 4.78 is 43.1. The Labute approximate surface area is 149 Å². The summed E-state index contributed by atoms with van der Waals surface area (Å²) in [6.07, 6.45) is -0.706. The van der Waals surface area contributed by atoms with E-state index in [-0.39, 0.29) is 11.9 Å². The van der Waals surface area contributed by atoms with E-state index in [0.717, 1.165) is 35.4 Å². The highest BCUT2D eigenvalue weighted by Gasteiger charge is 2.29. The summed E-state index contributed by atoms with van der Waals surface area (Å²) >= 11 is 0. The van der Waals surface area contributed by atoms with E-state index in [1.807, 2.05) is 25.1 Å². The van der Waals surface area contributed by atoms with Crippen LogP contribution in [0, 0.1) is 0 Å². The van der Waals surface area contributed by atoms with Gasteiger partial charge in [0, 0.05) is 12.5 Å². The smallest absolute Gasteiger partial charge is 0.416 e. The first-order valence-corrected chi connectivity index (χ1v) is 8.24. The molecule has 136 valence electrons. The number of carbonyl (C=O) groups excluding carboxylic acids is 1. The molecule has 1 amide bonds. The van der Waals surface area contributed by atoms with Gasteiger partial charge >= 0.3 is 6.18 Å². The van der Waals surface area contributed by atoms with Crippen LogP contribution in [0.25, 0.3) is 6.08 Å². The highest BCUT2D eigenvalue weighted by Crippen LogP contribution is 2.29. The summed E-state index contributed by atoms with van der Waals surface area (Å²) in [5, 5.41) is 2.85. The van der Waals surface area contributed by atoms with Crippen LogP contribution in [0.2, 0.25) is 0 Å². The molecule has 1 atom stereocenters. The average molecular weight is 361 g/mol. The third kappa shape index (κ3) is 4.25. The maximum Gasteiger partial charge on any atom is 0.416 e. The van der Waals surface area contributed by atoms with Crippen molar-refractivity contribution in [3.63, 3.8) is 0 Å². The van der Waals surface area contributed by atoms with Crippen LogP contribution in [0.15, 0.2) is 48.5 Å². The standard InChI is InChI=1S/C20H18F3NO2/c1-13(15-5-8-18-16(12-15)10-11-26-18)24-19(25)9-4-14-2-6-17(7-3-14)20(21,22)23/h2-9,12-13H,10-11H2,1H3,(H,24,25). The molecule has 1 unspecified atom stereocenters. The van der Waals surface area contributed by atoms with Crippen molar-refractivity contribution in [1.29, 1.82) is 0 Å². The number of nitrogens with one attached hydrogen (secondary N) is 1. The van der Waals surface area contributed by atoms with Gasteiger partial charge in [-0.15, -0.1) is 0 Å². The Balaban J connectivity index is 1.60. The Morgan fingerprint density at radius 3 is 2.62 bits per heavy atom. The third-order valence-electron chi connectivity index (χ3n) is 4.24. The van der Waals surface area contributed by atoms with Crippen molar-refractivity contribution in [3.05, 3.63) is 70.8 Å². The maximum atomic E-state index is 12.5. The van der Waals surface area contributed by atoms with Crippen molar-refractivity contribution >= 4 is 12.0 Å². The van der Waals surface area contributed by atoms with E-state index < -0.39 is 11.7 Å². The molecule has 1 N–H and O–H groups in total. The first-order valence-electron chi connectivity index (χ1n) is 8.24. The van der Waals surface area contributed by atoms with E-state index in [1.54, 1.807) is 0 Å².